The molecule has 0 saturated carbocycles. The Labute approximate surface area is 167 Å². The quantitative estimate of drug-likeness (QED) is 0.365. The van der Waals surface area contributed by atoms with E-state index in [1.54, 1.807) is 19.0 Å². The first-order valence-corrected chi connectivity index (χ1v) is 10.2. The fourth-order valence-corrected chi connectivity index (χ4v) is 2.85. The van der Waals surface area contributed by atoms with E-state index < -0.39 is 0 Å². The second-order valence-corrected chi connectivity index (χ2v) is 7.53. The molecule has 1 amide bonds. The lowest BCUT2D eigenvalue weighted by Gasteiger charge is -2.25. The highest BCUT2D eigenvalue weighted by Crippen LogP contribution is 2.16. The number of rotatable bonds is 9. The van der Waals surface area contributed by atoms with Crippen LogP contribution in [-0.4, -0.2) is 78.0 Å². The highest BCUT2D eigenvalue weighted by molar-refractivity contribution is 5.84. The van der Waals surface area contributed by atoms with Crippen LogP contribution in [0.2, 0.25) is 0 Å². The van der Waals surface area contributed by atoms with Crippen molar-refractivity contribution >= 4 is 11.9 Å². The van der Waals surface area contributed by atoms with Gasteiger partial charge in [0.2, 0.25) is 5.91 Å². The van der Waals surface area contributed by atoms with Gasteiger partial charge in [-0.1, -0.05) is 13.8 Å². The molecule has 1 aliphatic heterocycles. The number of hydrogen-bond donors (Lipinski definition) is 2. The number of hydrogen-bond acceptors (Lipinski definition) is 5. The number of fused-ring (bicyclic) bond motifs is 1. The van der Waals surface area contributed by atoms with Gasteiger partial charge in [-0.25, -0.2) is 14.7 Å². The molecule has 9 nitrogen and oxygen atoms in total. The number of aromatic nitrogens is 3. The van der Waals surface area contributed by atoms with Crippen molar-refractivity contribution < 1.29 is 9.53 Å². The van der Waals surface area contributed by atoms with Crippen molar-refractivity contribution in [3.63, 3.8) is 0 Å². The Morgan fingerprint density at radius 1 is 1.43 bits per heavy atom. The van der Waals surface area contributed by atoms with Gasteiger partial charge in [-0.3, -0.25) is 4.79 Å². The van der Waals surface area contributed by atoms with E-state index in [4.69, 9.17) is 4.74 Å². The zero-order valence-electron chi connectivity index (χ0n) is 17.9. The van der Waals surface area contributed by atoms with Gasteiger partial charge in [0.1, 0.15) is 12.4 Å². The summed E-state index contributed by atoms with van der Waals surface area (Å²) in [5.74, 6) is 2.90. The molecular weight excluding hydrogens is 358 g/mol. The molecule has 2 N–H and O–H groups in total. The number of nitrogens with one attached hydrogen (secondary N) is 2. The minimum Gasteiger partial charge on any atom is -0.382 e. The maximum Gasteiger partial charge on any atom is 0.243 e. The van der Waals surface area contributed by atoms with E-state index in [2.05, 4.69) is 39.6 Å². The molecule has 0 radical (unpaired) electrons. The van der Waals surface area contributed by atoms with Crippen molar-refractivity contribution in [1.29, 1.82) is 0 Å². The Morgan fingerprint density at radius 2 is 2.21 bits per heavy atom. The van der Waals surface area contributed by atoms with Crippen molar-refractivity contribution in [3.05, 3.63) is 11.6 Å². The zero-order chi connectivity index (χ0) is 20.5. The largest absolute Gasteiger partial charge is 0.382 e. The average Bonchev–Trinajstić information content (AvgIpc) is 3.09. The molecule has 0 spiro atoms. The third-order valence-electron chi connectivity index (χ3n) is 4.56. The Bertz CT molecular complexity index is 655. The molecule has 9 heteroatoms. The minimum absolute atomic E-state index is 0.0285. The topological polar surface area (TPSA) is 96.7 Å². The van der Waals surface area contributed by atoms with Crippen LogP contribution in [0.5, 0.6) is 0 Å². The number of carbonyl (C=O) groups excluding carboxylic acids is 1. The lowest BCUT2D eigenvalue weighted by Crippen LogP contribution is -2.47. The van der Waals surface area contributed by atoms with E-state index in [1.807, 2.05) is 11.6 Å². The Hall–Kier alpha value is -2.16. The fraction of sp³-hybridized carbons (Fsp3) is 0.789. The van der Waals surface area contributed by atoms with Gasteiger partial charge in [0.15, 0.2) is 11.8 Å². The Morgan fingerprint density at radius 3 is 2.89 bits per heavy atom. The summed E-state index contributed by atoms with van der Waals surface area (Å²) in [4.78, 5) is 22.6. The highest BCUT2D eigenvalue weighted by atomic mass is 16.5. The first-order chi connectivity index (χ1) is 13.4. The van der Waals surface area contributed by atoms with Gasteiger partial charge in [0.25, 0.3) is 0 Å². The van der Waals surface area contributed by atoms with Crippen molar-refractivity contribution in [3.8, 4) is 0 Å². The first-order valence-electron chi connectivity index (χ1n) is 10.2. The summed E-state index contributed by atoms with van der Waals surface area (Å²) in [5, 5.41) is 11.4. The maximum absolute atomic E-state index is 11.9. The lowest BCUT2D eigenvalue weighted by atomic mass is 10.1. The summed E-state index contributed by atoms with van der Waals surface area (Å²) in [6, 6.07) is 0.196. The molecule has 0 saturated heterocycles. The zero-order valence-corrected chi connectivity index (χ0v) is 17.9. The van der Waals surface area contributed by atoms with Crippen LogP contribution >= 0.6 is 0 Å². The SMILES string of the molecule is CCOCCCNC(=NCC(=O)N(C)C)NC1CCc2nc(C(C)C)nn2C1. The summed E-state index contributed by atoms with van der Waals surface area (Å²) in [5.41, 5.74) is 0. The molecule has 0 bridgehead atoms. The summed E-state index contributed by atoms with van der Waals surface area (Å²) in [7, 11) is 3.47. The van der Waals surface area contributed by atoms with Gasteiger partial charge in [-0.15, -0.1) is 0 Å². The second kappa shape index (κ2) is 11.0. The molecule has 28 heavy (non-hydrogen) atoms. The van der Waals surface area contributed by atoms with E-state index in [1.165, 1.54) is 0 Å². The smallest absolute Gasteiger partial charge is 0.243 e. The van der Waals surface area contributed by atoms with Gasteiger partial charge < -0.3 is 20.3 Å². The van der Waals surface area contributed by atoms with Crippen molar-refractivity contribution in [2.45, 2.75) is 58.5 Å². The summed E-state index contributed by atoms with van der Waals surface area (Å²) < 4.78 is 7.37. The molecule has 1 unspecified atom stereocenters. The fourth-order valence-electron chi connectivity index (χ4n) is 2.85. The van der Waals surface area contributed by atoms with Crippen LogP contribution in [0.4, 0.5) is 0 Å². The standard InChI is InChI=1S/C19H35N7O2/c1-6-28-11-7-10-20-19(21-12-17(27)25(4)5)22-15-8-9-16-23-18(14(2)3)24-26(16)13-15/h14-15H,6-13H2,1-5H3,(H2,20,21,22). The number of aryl methyl sites for hydroxylation is 1. The van der Waals surface area contributed by atoms with Gasteiger partial charge in [0, 0.05) is 52.2 Å². The maximum atomic E-state index is 11.9. The monoisotopic (exact) mass is 393 g/mol. The van der Waals surface area contributed by atoms with Crippen LogP contribution in [0.1, 0.15) is 51.2 Å². The van der Waals surface area contributed by atoms with Crippen LogP contribution in [0, 0.1) is 0 Å². The summed E-state index contributed by atoms with van der Waals surface area (Å²) in [6.45, 7) is 9.23. The molecule has 0 fully saturated rings. The average molecular weight is 394 g/mol. The van der Waals surface area contributed by atoms with Gasteiger partial charge in [-0.05, 0) is 19.8 Å². The van der Waals surface area contributed by atoms with E-state index in [0.717, 1.165) is 50.6 Å². The Balaban J connectivity index is 1.96. The van der Waals surface area contributed by atoms with Crippen LogP contribution in [0.15, 0.2) is 4.99 Å². The summed E-state index contributed by atoms with van der Waals surface area (Å²) in [6.07, 6.45) is 2.72. The number of nitrogens with zero attached hydrogens (tertiary/aromatic N) is 5. The van der Waals surface area contributed by atoms with Crippen molar-refractivity contribution in [2.24, 2.45) is 4.99 Å². The van der Waals surface area contributed by atoms with Crippen LogP contribution in [-0.2, 0) is 22.5 Å². The van der Waals surface area contributed by atoms with Crippen LogP contribution in [0.25, 0.3) is 0 Å². The number of amides is 1. The van der Waals surface area contributed by atoms with E-state index in [9.17, 15) is 4.79 Å². The highest BCUT2D eigenvalue weighted by Gasteiger charge is 2.23. The van der Waals surface area contributed by atoms with E-state index >= 15 is 0 Å². The van der Waals surface area contributed by atoms with Gasteiger partial charge in [-0.2, -0.15) is 5.10 Å². The number of ether oxygens (including phenoxy) is 1. The molecule has 1 aromatic rings. The first kappa shape index (κ1) is 22.1. The van der Waals surface area contributed by atoms with E-state index in [0.29, 0.717) is 18.5 Å². The number of likely N-dealkylation sites (N-methyl/N-ethyl adjacent to an activating group) is 1. The number of carbonyl (C=O) groups is 1. The third-order valence-corrected chi connectivity index (χ3v) is 4.56. The molecule has 2 rings (SSSR count). The van der Waals surface area contributed by atoms with Crippen molar-refractivity contribution in [2.75, 3.05) is 40.4 Å². The molecule has 0 aromatic carbocycles. The molecule has 1 atom stereocenters. The van der Waals surface area contributed by atoms with Gasteiger partial charge >= 0.3 is 0 Å². The summed E-state index contributed by atoms with van der Waals surface area (Å²) >= 11 is 0. The molecule has 1 aliphatic rings. The van der Waals surface area contributed by atoms with Crippen LogP contribution < -0.4 is 10.6 Å². The third kappa shape index (κ3) is 6.78. The molecule has 2 heterocycles. The predicted molar refractivity (Wildman–Crippen MR) is 109 cm³/mol. The van der Waals surface area contributed by atoms with Crippen molar-refractivity contribution in [1.82, 2.24) is 30.3 Å². The van der Waals surface area contributed by atoms with Crippen LogP contribution in [0.3, 0.4) is 0 Å². The normalized spacial score (nSPS) is 16.8. The van der Waals surface area contributed by atoms with E-state index in [-0.39, 0.29) is 18.5 Å². The predicted octanol–water partition coefficient (Wildman–Crippen LogP) is 0.766. The lowest BCUT2D eigenvalue weighted by molar-refractivity contribution is -0.127. The molecule has 1 aromatic heterocycles. The molecule has 0 aliphatic carbocycles. The molecule has 158 valence electrons. The molecular formula is C19H35N7O2. The number of aliphatic imine (C=N–C) groups is 1. The minimum atomic E-state index is -0.0285. The van der Waals surface area contributed by atoms with Gasteiger partial charge in [0.05, 0.1) is 6.54 Å². The Kier molecular flexibility index (Phi) is 8.69. The number of guanidine groups is 1. The second-order valence-electron chi connectivity index (χ2n) is 7.53.